The summed E-state index contributed by atoms with van der Waals surface area (Å²) in [6, 6.07) is 9.09. The number of benzene rings is 1. The fraction of sp³-hybridized carbons (Fsp3) is 0.455. The van der Waals surface area contributed by atoms with Gasteiger partial charge >= 0.3 is 6.09 Å². The lowest BCUT2D eigenvalue weighted by Gasteiger charge is -2.26. The monoisotopic (exact) mass is 368 g/mol. The van der Waals surface area contributed by atoms with Crippen LogP contribution in [0.25, 0.3) is 0 Å². The van der Waals surface area contributed by atoms with Crippen molar-refractivity contribution in [2.75, 3.05) is 13.1 Å². The fourth-order valence-corrected chi connectivity index (χ4v) is 3.58. The maximum atomic E-state index is 13.2. The predicted octanol–water partition coefficient (Wildman–Crippen LogP) is 3.32. The number of hydrogen-bond donors (Lipinski definition) is 1. The molecule has 1 aliphatic heterocycles. The lowest BCUT2D eigenvalue weighted by atomic mass is 9.92. The third kappa shape index (κ3) is 5.22. The number of nitrogens with zero attached hydrogens (tertiary/aromatic N) is 1. The molecule has 0 spiro atoms. The molecule has 5 heteroatoms. The van der Waals surface area contributed by atoms with E-state index in [-0.39, 0.29) is 5.91 Å². The van der Waals surface area contributed by atoms with Crippen molar-refractivity contribution in [2.24, 2.45) is 11.8 Å². The number of carbonyl (C=O) groups excluding carboxylic acids is 2. The van der Waals surface area contributed by atoms with Crippen molar-refractivity contribution >= 4 is 12.0 Å². The summed E-state index contributed by atoms with van der Waals surface area (Å²) in [6.07, 6.45) is 8.27. The van der Waals surface area contributed by atoms with Crippen molar-refractivity contribution in [3.8, 4) is 0 Å². The molecule has 0 aromatic heterocycles. The van der Waals surface area contributed by atoms with E-state index in [0.29, 0.717) is 31.3 Å². The first-order chi connectivity index (χ1) is 12.8. The van der Waals surface area contributed by atoms with Gasteiger partial charge < -0.3 is 15.0 Å². The van der Waals surface area contributed by atoms with Crippen molar-refractivity contribution in [3.63, 3.8) is 0 Å². The number of ether oxygens (including phenoxy) is 1. The average molecular weight is 368 g/mol. The zero-order valence-corrected chi connectivity index (χ0v) is 16.2. The molecule has 3 atom stereocenters. The molecule has 2 unspecified atom stereocenters. The summed E-state index contributed by atoms with van der Waals surface area (Å²) >= 11 is 0. The summed E-state index contributed by atoms with van der Waals surface area (Å²) in [4.78, 5) is 27.4. The zero-order valence-electron chi connectivity index (χ0n) is 16.2. The van der Waals surface area contributed by atoms with Crippen LogP contribution in [0.4, 0.5) is 4.79 Å². The van der Waals surface area contributed by atoms with Crippen LogP contribution in [-0.2, 0) is 16.0 Å². The third-order valence-corrected chi connectivity index (χ3v) is 4.82. The van der Waals surface area contributed by atoms with Gasteiger partial charge in [0.1, 0.15) is 11.6 Å². The molecule has 1 fully saturated rings. The van der Waals surface area contributed by atoms with Crippen molar-refractivity contribution in [3.05, 3.63) is 60.2 Å². The zero-order chi connectivity index (χ0) is 19.4. The van der Waals surface area contributed by atoms with Gasteiger partial charge in [-0.05, 0) is 26.3 Å². The first-order valence-corrected chi connectivity index (χ1v) is 9.49. The second kappa shape index (κ2) is 7.99. The molecular weight excluding hydrogens is 340 g/mol. The van der Waals surface area contributed by atoms with E-state index in [0.717, 1.165) is 5.56 Å². The summed E-state index contributed by atoms with van der Waals surface area (Å²) in [7, 11) is 0. The van der Waals surface area contributed by atoms with Crippen LogP contribution < -0.4 is 5.32 Å². The number of alkyl carbamates (subject to hydrolysis) is 1. The van der Waals surface area contributed by atoms with Crippen molar-refractivity contribution in [1.29, 1.82) is 0 Å². The van der Waals surface area contributed by atoms with Gasteiger partial charge in [-0.25, -0.2) is 4.79 Å². The molecule has 27 heavy (non-hydrogen) atoms. The SMILES string of the molecule is CC(C)(C)OC(=O)N[C@@H](Cc1ccccc1)C(=O)N1CC2C=CC=CC2C1. The molecule has 3 rings (SSSR count). The summed E-state index contributed by atoms with van der Waals surface area (Å²) in [6.45, 7) is 6.80. The van der Waals surface area contributed by atoms with E-state index in [9.17, 15) is 9.59 Å². The van der Waals surface area contributed by atoms with Gasteiger partial charge in [-0.2, -0.15) is 0 Å². The van der Waals surface area contributed by atoms with Gasteiger partial charge in [0.15, 0.2) is 0 Å². The molecule has 0 radical (unpaired) electrons. The number of allylic oxidation sites excluding steroid dienone is 2. The summed E-state index contributed by atoms with van der Waals surface area (Å²) in [5, 5.41) is 2.79. The lowest BCUT2D eigenvalue weighted by Crippen LogP contribution is -2.50. The molecule has 5 nitrogen and oxygen atoms in total. The van der Waals surface area contributed by atoms with Crippen LogP contribution in [0.2, 0.25) is 0 Å². The first-order valence-electron chi connectivity index (χ1n) is 9.49. The second-order valence-electron chi connectivity index (χ2n) is 8.23. The molecule has 144 valence electrons. The Morgan fingerprint density at radius 1 is 1.11 bits per heavy atom. The van der Waals surface area contributed by atoms with Gasteiger partial charge in [0.25, 0.3) is 0 Å². The molecular formula is C22H28N2O3. The van der Waals surface area contributed by atoms with Crippen LogP contribution in [0, 0.1) is 11.8 Å². The Balaban J connectivity index is 1.72. The Labute approximate surface area is 161 Å². The molecule has 2 amide bonds. The maximum absolute atomic E-state index is 13.2. The molecule has 2 aliphatic rings. The number of nitrogens with one attached hydrogen (secondary N) is 1. The van der Waals surface area contributed by atoms with Crippen molar-refractivity contribution in [2.45, 2.75) is 38.8 Å². The van der Waals surface area contributed by atoms with Crippen molar-refractivity contribution in [1.82, 2.24) is 10.2 Å². The van der Waals surface area contributed by atoms with Gasteiger partial charge in [-0.15, -0.1) is 0 Å². The Morgan fingerprint density at radius 2 is 1.70 bits per heavy atom. The van der Waals surface area contributed by atoms with Gasteiger partial charge in [-0.1, -0.05) is 54.6 Å². The van der Waals surface area contributed by atoms with Crippen LogP contribution in [0.3, 0.4) is 0 Å². The molecule has 0 saturated carbocycles. The molecule has 1 aromatic carbocycles. The van der Waals surface area contributed by atoms with E-state index in [2.05, 4.69) is 17.5 Å². The Bertz CT molecular complexity index is 714. The lowest BCUT2D eigenvalue weighted by molar-refractivity contribution is -0.132. The van der Waals surface area contributed by atoms with Gasteiger partial charge in [-0.3, -0.25) is 4.79 Å². The fourth-order valence-electron chi connectivity index (χ4n) is 3.58. The quantitative estimate of drug-likeness (QED) is 0.887. The van der Waals surface area contributed by atoms with Crippen LogP contribution >= 0.6 is 0 Å². The van der Waals surface area contributed by atoms with Gasteiger partial charge in [0, 0.05) is 31.3 Å². The molecule has 0 bridgehead atoms. The molecule has 1 saturated heterocycles. The average Bonchev–Trinajstić information content (AvgIpc) is 3.04. The number of rotatable bonds is 4. The van der Waals surface area contributed by atoms with Gasteiger partial charge in [0.2, 0.25) is 5.91 Å². The smallest absolute Gasteiger partial charge is 0.408 e. The summed E-state index contributed by atoms with van der Waals surface area (Å²) in [5.41, 5.74) is 0.395. The largest absolute Gasteiger partial charge is 0.444 e. The summed E-state index contributed by atoms with van der Waals surface area (Å²) < 4.78 is 5.37. The molecule has 1 aliphatic carbocycles. The highest BCUT2D eigenvalue weighted by Gasteiger charge is 2.36. The molecule has 1 heterocycles. The maximum Gasteiger partial charge on any atom is 0.408 e. The van der Waals surface area contributed by atoms with E-state index in [1.54, 1.807) is 0 Å². The molecule has 1 N–H and O–H groups in total. The predicted molar refractivity (Wildman–Crippen MR) is 105 cm³/mol. The van der Waals surface area contributed by atoms with Crippen LogP contribution in [0.5, 0.6) is 0 Å². The normalized spacial score (nSPS) is 22.3. The Kier molecular flexibility index (Phi) is 5.68. The first kappa shape index (κ1) is 19.2. The number of carbonyl (C=O) groups is 2. The number of likely N-dealkylation sites (tertiary alicyclic amines) is 1. The molecule has 1 aromatic rings. The summed E-state index contributed by atoms with van der Waals surface area (Å²) in [5.74, 6) is 0.664. The number of hydrogen-bond acceptors (Lipinski definition) is 3. The third-order valence-electron chi connectivity index (χ3n) is 4.82. The van der Waals surface area contributed by atoms with E-state index in [4.69, 9.17) is 4.74 Å². The number of fused-ring (bicyclic) bond motifs is 1. The van der Waals surface area contributed by atoms with Crippen LogP contribution in [-0.4, -0.2) is 41.6 Å². The Hall–Kier alpha value is -2.56. The highest BCUT2D eigenvalue weighted by atomic mass is 16.6. The van der Waals surface area contributed by atoms with Crippen LogP contribution in [0.15, 0.2) is 54.6 Å². The van der Waals surface area contributed by atoms with Crippen LogP contribution in [0.1, 0.15) is 26.3 Å². The minimum Gasteiger partial charge on any atom is -0.444 e. The highest BCUT2D eigenvalue weighted by molar-refractivity contribution is 5.86. The standard InChI is InChI=1S/C22H28N2O3/c1-22(2,3)27-21(26)23-19(13-16-9-5-4-6-10-16)20(25)24-14-17-11-7-8-12-18(17)15-24/h4-12,17-19H,13-15H2,1-3H3,(H,23,26)/t17?,18?,19-/m0/s1. The topological polar surface area (TPSA) is 58.6 Å². The van der Waals surface area contributed by atoms with E-state index in [1.807, 2.05) is 68.2 Å². The minimum atomic E-state index is -0.643. The second-order valence-corrected chi connectivity index (χ2v) is 8.23. The number of amides is 2. The Morgan fingerprint density at radius 3 is 2.26 bits per heavy atom. The minimum absolute atomic E-state index is 0.0547. The highest BCUT2D eigenvalue weighted by Crippen LogP contribution is 2.29. The van der Waals surface area contributed by atoms with Gasteiger partial charge in [0.05, 0.1) is 0 Å². The van der Waals surface area contributed by atoms with E-state index in [1.165, 1.54) is 0 Å². The van der Waals surface area contributed by atoms with E-state index < -0.39 is 17.7 Å². The van der Waals surface area contributed by atoms with Crippen molar-refractivity contribution < 1.29 is 14.3 Å². The van der Waals surface area contributed by atoms with E-state index >= 15 is 0 Å².